The van der Waals surface area contributed by atoms with E-state index < -0.39 is 6.04 Å². The highest BCUT2D eigenvalue weighted by molar-refractivity contribution is 5.82. The highest BCUT2D eigenvalue weighted by Gasteiger charge is 2.26. The van der Waals surface area contributed by atoms with Gasteiger partial charge in [0.15, 0.2) is 11.5 Å². The van der Waals surface area contributed by atoms with E-state index in [0.717, 1.165) is 0 Å². The monoisotopic (exact) mass is 280 g/mol. The van der Waals surface area contributed by atoms with Crippen molar-refractivity contribution in [3.8, 4) is 11.5 Å². The molecule has 1 atom stereocenters. The molecule has 5 nitrogen and oxygen atoms in total. The Kier molecular flexibility index (Phi) is 5.82. The molecule has 0 spiro atoms. The zero-order valence-corrected chi connectivity index (χ0v) is 12.6. The molecule has 0 fully saturated rings. The number of para-hydroxylation sites is 2. The summed E-state index contributed by atoms with van der Waals surface area (Å²) >= 11 is 0. The molecular formula is C15H24N2O3. The Morgan fingerprint density at radius 3 is 2.45 bits per heavy atom. The third kappa shape index (κ3) is 4.74. The van der Waals surface area contributed by atoms with Gasteiger partial charge in [0.2, 0.25) is 5.91 Å². The molecule has 112 valence electrons. The summed E-state index contributed by atoms with van der Waals surface area (Å²) in [5, 5.41) is 2.77. The number of hydrogen-bond acceptors (Lipinski definition) is 4. The van der Waals surface area contributed by atoms with Crippen LogP contribution in [0.5, 0.6) is 11.5 Å². The van der Waals surface area contributed by atoms with Gasteiger partial charge in [-0.1, -0.05) is 32.9 Å². The Bertz CT molecular complexity index is 441. The number of amides is 1. The van der Waals surface area contributed by atoms with Crippen molar-refractivity contribution >= 4 is 5.91 Å². The Morgan fingerprint density at radius 2 is 1.90 bits per heavy atom. The summed E-state index contributed by atoms with van der Waals surface area (Å²) in [6.45, 7) is 6.57. The normalized spacial score (nSPS) is 12.7. The summed E-state index contributed by atoms with van der Waals surface area (Å²) in [7, 11) is 1.59. The molecule has 0 aliphatic heterocycles. The predicted molar refractivity (Wildman–Crippen MR) is 78.9 cm³/mol. The summed E-state index contributed by atoms with van der Waals surface area (Å²) < 4.78 is 10.7. The zero-order chi connectivity index (χ0) is 15.2. The molecule has 0 saturated heterocycles. The van der Waals surface area contributed by atoms with E-state index in [0.29, 0.717) is 24.7 Å². The van der Waals surface area contributed by atoms with Gasteiger partial charge in [-0.25, -0.2) is 0 Å². The summed E-state index contributed by atoms with van der Waals surface area (Å²) in [6, 6.07) is 6.85. The first-order chi connectivity index (χ1) is 9.36. The Hall–Kier alpha value is -1.75. The smallest absolute Gasteiger partial charge is 0.237 e. The van der Waals surface area contributed by atoms with E-state index in [-0.39, 0.29) is 11.3 Å². The third-order valence-corrected chi connectivity index (χ3v) is 2.94. The summed E-state index contributed by atoms with van der Waals surface area (Å²) in [5.74, 6) is 1.16. The lowest BCUT2D eigenvalue weighted by molar-refractivity contribution is -0.124. The highest BCUT2D eigenvalue weighted by atomic mass is 16.5. The van der Waals surface area contributed by atoms with E-state index in [2.05, 4.69) is 5.32 Å². The number of methoxy groups -OCH3 is 1. The van der Waals surface area contributed by atoms with Gasteiger partial charge in [0.05, 0.1) is 19.7 Å². The Balaban J connectivity index is 2.37. The van der Waals surface area contributed by atoms with E-state index in [1.54, 1.807) is 7.11 Å². The topological polar surface area (TPSA) is 73.6 Å². The van der Waals surface area contributed by atoms with Gasteiger partial charge in [-0.2, -0.15) is 0 Å². The van der Waals surface area contributed by atoms with Gasteiger partial charge >= 0.3 is 0 Å². The molecule has 1 amide bonds. The first-order valence-corrected chi connectivity index (χ1v) is 6.65. The number of hydrogen-bond donors (Lipinski definition) is 2. The van der Waals surface area contributed by atoms with Gasteiger partial charge in [-0.05, 0) is 17.5 Å². The molecule has 0 aliphatic rings. The standard InChI is InChI=1S/C15H24N2O3/c1-15(2,3)13(16)14(18)17-9-10-20-12-8-6-5-7-11(12)19-4/h5-8,13H,9-10,16H2,1-4H3,(H,17,18)/t13-/m1/s1. The van der Waals surface area contributed by atoms with Crippen LogP contribution in [0.15, 0.2) is 24.3 Å². The molecule has 1 rings (SSSR count). The molecule has 1 aromatic rings. The molecule has 0 bridgehead atoms. The number of ether oxygens (including phenoxy) is 2. The first kappa shape index (κ1) is 16.3. The highest BCUT2D eigenvalue weighted by Crippen LogP contribution is 2.25. The summed E-state index contributed by atoms with van der Waals surface area (Å²) in [6.07, 6.45) is 0. The van der Waals surface area contributed by atoms with Gasteiger partial charge in [-0.3, -0.25) is 4.79 Å². The fourth-order valence-electron chi connectivity index (χ4n) is 1.58. The van der Waals surface area contributed by atoms with Crippen LogP contribution in [-0.2, 0) is 4.79 Å². The number of nitrogens with one attached hydrogen (secondary N) is 1. The van der Waals surface area contributed by atoms with Gasteiger partial charge in [0.25, 0.3) is 0 Å². The second-order valence-electron chi connectivity index (χ2n) is 5.63. The van der Waals surface area contributed by atoms with Crippen LogP contribution in [0.25, 0.3) is 0 Å². The van der Waals surface area contributed by atoms with Crippen LogP contribution in [0.4, 0.5) is 0 Å². The molecule has 0 aromatic heterocycles. The second kappa shape index (κ2) is 7.14. The third-order valence-electron chi connectivity index (χ3n) is 2.94. The summed E-state index contributed by atoms with van der Waals surface area (Å²) in [4.78, 5) is 11.8. The molecule has 0 aliphatic carbocycles. The SMILES string of the molecule is COc1ccccc1OCCNC(=O)[C@@H](N)C(C)(C)C. The molecule has 0 radical (unpaired) electrons. The molecule has 3 N–H and O–H groups in total. The Labute approximate surface area is 120 Å². The minimum Gasteiger partial charge on any atom is -0.493 e. The predicted octanol–water partition coefficient (Wildman–Crippen LogP) is 1.56. The van der Waals surface area contributed by atoms with Gasteiger partial charge in [0.1, 0.15) is 6.61 Å². The fourth-order valence-corrected chi connectivity index (χ4v) is 1.58. The maximum atomic E-state index is 11.8. The summed E-state index contributed by atoms with van der Waals surface area (Å²) in [5.41, 5.74) is 5.60. The largest absolute Gasteiger partial charge is 0.493 e. The van der Waals surface area contributed by atoms with Crippen LogP contribution in [-0.4, -0.2) is 32.2 Å². The number of carbonyl (C=O) groups excluding carboxylic acids is 1. The molecule has 0 saturated carbocycles. The lowest BCUT2D eigenvalue weighted by Crippen LogP contribution is -2.49. The van der Waals surface area contributed by atoms with Crippen molar-refractivity contribution in [2.45, 2.75) is 26.8 Å². The molecule has 0 unspecified atom stereocenters. The lowest BCUT2D eigenvalue weighted by Gasteiger charge is -2.25. The van der Waals surface area contributed by atoms with Crippen LogP contribution in [0.3, 0.4) is 0 Å². The van der Waals surface area contributed by atoms with Crippen molar-refractivity contribution in [1.29, 1.82) is 0 Å². The van der Waals surface area contributed by atoms with E-state index in [1.165, 1.54) is 0 Å². The van der Waals surface area contributed by atoms with Crippen LogP contribution in [0, 0.1) is 5.41 Å². The molecule has 0 heterocycles. The number of carbonyl (C=O) groups is 1. The first-order valence-electron chi connectivity index (χ1n) is 6.65. The van der Waals surface area contributed by atoms with Crippen LogP contribution in [0.2, 0.25) is 0 Å². The lowest BCUT2D eigenvalue weighted by atomic mass is 9.87. The molecule has 1 aromatic carbocycles. The second-order valence-corrected chi connectivity index (χ2v) is 5.63. The maximum absolute atomic E-state index is 11.8. The van der Waals surface area contributed by atoms with Crippen LogP contribution in [0.1, 0.15) is 20.8 Å². The van der Waals surface area contributed by atoms with E-state index in [1.807, 2.05) is 45.0 Å². The van der Waals surface area contributed by atoms with Crippen molar-refractivity contribution in [2.24, 2.45) is 11.1 Å². The molecule has 5 heteroatoms. The van der Waals surface area contributed by atoms with Gasteiger partial charge < -0.3 is 20.5 Å². The van der Waals surface area contributed by atoms with Crippen molar-refractivity contribution < 1.29 is 14.3 Å². The molecule has 20 heavy (non-hydrogen) atoms. The maximum Gasteiger partial charge on any atom is 0.237 e. The van der Waals surface area contributed by atoms with E-state index in [4.69, 9.17) is 15.2 Å². The number of nitrogens with two attached hydrogens (primary N) is 1. The number of benzene rings is 1. The zero-order valence-electron chi connectivity index (χ0n) is 12.6. The van der Waals surface area contributed by atoms with Crippen LogP contribution >= 0.6 is 0 Å². The average molecular weight is 280 g/mol. The minimum atomic E-state index is -0.534. The van der Waals surface area contributed by atoms with Crippen molar-refractivity contribution in [2.75, 3.05) is 20.3 Å². The average Bonchev–Trinajstić information content (AvgIpc) is 2.41. The van der Waals surface area contributed by atoms with Crippen molar-refractivity contribution in [3.63, 3.8) is 0 Å². The quantitative estimate of drug-likeness (QED) is 0.776. The minimum absolute atomic E-state index is 0.166. The van der Waals surface area contributed by atoms with Gasteiger partial charge in [-0.15, -0.1) is 0 Å². The van der Waals surface area contributed by atoms with Gasteiger partial charge in [0, 0.05) is 0 Å². The van der Waals surface area contributed by atoms with Crippen molar-refractivity contribution in [3.05, 3.63) is 24.3 Å². The van der Waals surface area contributed by atoms with E-state index >= 15 is 0 Å². The van der Waals surface area contributed by atoms with Crippen molar-refractivity contribution in [1.82, 2.24) is 5.32 Å². The number of rotatable bonds is 6. The molecular weight excluding hydrogens is 256 g/mol. The van der Waals surface area contributed by atoms with E-state index in [9.17, 15) is 4.79 Å². The van der Waals surface area contributed by atoms with Crippen LogP contribution < -0.4 is 20.5 Å². The fraction of sp³-hybridized carbons (Fsp3) is 0.533. The Morgan fingerprint density at radius 1 is 1.30 bits per heavy atom.